The molecule has 2 unspecified atom stereocenters. The van der Waals surface area contributed by atoms with Gasteiger partial charge >= 0.3 is 12.1 Å². The molecule has 0 radical (unpaired) electrons. The van der Waals surface area contributed by atoms with Crippen LogP contribution in [0.3, 0.4) is 0 Å². The first-order chi connectivity index (χ1) is 12.6. The first-order valence-electron chi connectivity index (χ1n) is 8.04. The van der Waals surface area contributed by atoms with Gasteiger partial charge in [-0.3, -0.25) is 0 Å². The summed E-state index contributed by atoms with van der Waals surface area (Å²) >= 11 is 2.83. The summed E-state index contributed by atoms with van der Waals surface area (Å²) in [7, 11) is 0. The molecule has 2 atom stereocenters. The number of benzene rings is 2. The van der Waals surface area contributed by atoms with Crippen LogP contribution in [0.2, 0.25) is 0 Å². The third-order valence-electron chi connectivity index (χ3n) is 5.18. The number of carbonyl (C=O) groups is 1. The van der Waals surface area contributed by atoms with E-state index in [0.29, 0.717) is 29.5 Å². The van der Waals surface area contributed by atoms with Crippen molar-refractivity contribution in [3.05, 3.63) is 56.3 Å². The molecule has 0 amide bonds. The van der Waals surface area contributed by atoms with Crippen LogP contribution in [0.5, 0.6) is 5.75 Å². The molecule has 1 aliphatic carbocycles. The topological polar surface area (TPSA) is 69.6 Å². The SMILES string of the molecule is O=C(O)c1cc2c(cc1O)C1Nc3c(cc(Br)c(C(F)(F)F)c3F)C1CC2. The van der Waals surface area contributed by atoms with Gasteiger partial charge in [-0.05, 0) is 47.7 Å². The molecule has 27 heavy (non-hydrogen) atoms. The summed E-state index contributed by atoms with van der Waals surface area (Å²) in [4.78, 5) is 11.2. The molecule has 9 heteroatoms. The highest BCUT2D eigenvalue weighted by atomic mass is 79.9. The second-order valence-electron chi connectivity index (χ2n) is 6.65. The average molecular weight is 446 g/mol. The smallest absolute Gasteiger partial charge is 0.420 e. The van der Waals surface area contributed by atoms with Gasteiger partial charge in [0.25, 0.3) is 0 Å². The van der Waals surface area contributed by atoms with Gasteiger partial charge in [0, 0.05) is 10.4 Å². The van der Waals surface area contributed by atoms with Gasteiger partial charge < -0.3 is 15.5 Å². The van der Waals surface area contributed by atoms with Crippen molar-refractivity contribution in [2.75, 3.05) is 5.32 Å². The molecule has 0 saturated heterocycles. The Balaban J connectivity index is 1.84. The Morgan fingerprint density at radius 1 is 1.22 bits per heavy atom. The second-order valence-corrected chi connectivity index (χ2v) is 7.50. The Hall–Kier alpha value is -2.29. The van der Waals surface area contributed by atoms with E-state index in [0.717, 1.165) is 0 Å². The molecular formula is C18H12BrF4NO3. The number of aryl methyl sites for hydroxylation is 1. The zero-order valence-corrected chi connectivity index (χ0v) is 15.1. The number of aromatic hydroxyl groups is 1. The lowest BCUT2D eigenvalue weighted by atomic mass is 9.78. The number of phenols is 1. The van der Waals surface area contributed by atoms with Crippen LogP contribution >= 0.6 is 15.9 Å². The largest absolute Gasteiger partial charge is 0.507 e. The molecule has 4 rings (SSSR count). The van der Waals surface area contributed by atoms with Crippen LogP contribution in [0.1, 0.15) is 51.0 Å². The van der Waals surface area contributed by atoms with Crippen molar-refractivity contribution in [1.29, 1.82) is 0 Å². The van der Waals surface area contributed by atoms with E-state index in [4.69, 9.17) is 5.11 Å². The van der Waals surface area contributed by atoms with Crippen LogP contribution in [0.4, 0.5) is 23.2 Å². The molecule has 3 N–H and O–H groups in total. The van der Waals surface area contributed by atoms with Gasteiger partial charge in [-0.25, -0.2) is 9.18 Å². The van der Waals surface area contributed by atoms with E-state index >= 15 is 0 Å². The molecule has 2 aromatic rings. The zero-order chi connectivity index (χ0) is 19.7. The average Bonchev–Trinajstić information content (AvgIpc) is 2.92. The summed E-state index contributed by atoms with van der Waals surface area (Å²) in [6.07, 6.45) is -3.86. The van der Waals surface area contributed by atoms with Gasteiger partial charge in [-0.1, -0.05) is 15.9 Å². The predicted molar refractivity (Wildman–Crippen MR) is 91.6 cm³/mol. The second kappa shape index (κ2) is 5.85. The Bertz CT molecular complexity index is 990. The van der Waals surface area contributed by atoms with Gasteiger partial charge in [-0.15, -0.1) is 0 Å². The summed E-state index contributed by atoms with van der Waals surface area (Å²) in [5, 5.41) is 21.9. The molecule has 0 spiro atoms. The summed E-state index contributed by atoms with van der Waals surface area (Å²) in [6, 6.07) is 3.41. The molecule has 1 heterocycles. The summed E-state index contributed by atoms with van der Waals surface area (Å²) in [6.45, 7) is 0. The van der Waals surface area contributed by atoms with Gasteiger partial charge in [0.1, 0.15) is 16.9 Å². The lowest BCUT2D eigenvalue weighted by Gasteiger charge is -2.29. The van der Waals surface area contributed by atoms with Crippen LogP contribution in [-0.4, -0.2) is 16.2 Å². The summed E-state index contributed by atoms with van der Waals surface area (Å²) in [5.41, 5.74) is -0.135. The van der Waals surface area contributed by atoms with Crippen LogP contribution in [0, 0.1) is 5.82 Å². The van der Waals surface area contributed by atoms with Crippen LogP contribution < -0.4 is 5.32 Å². The molecule has 1 aliphatic heterocycles. The van der Waals surface area contributed by atoms with Gasteiger partial charge in [-0.2, -0.15) is 13.2 Å². The van der Waals surface area contributed by atoms with E-state index in [-0.39, 0.29) is 21.6 Å². The number of alkyl halides is 3. The minimum Gasteiger partial charge on any atom is -0.507 e. The maximum atomic E-state index is 14.7. The molecule has 4 nitrogen and oxygen atoms in total. The van der Waals surface area contributed by atoms with Crippen molar-refractivity contribution in [3.63, 3.8) is 0 Å². The first kappa shape index (κ1) is 18.1. The minimum atomic E-state index is -4.85. The number of hydrogen-bond acceptors (Lipinski definition) is 3. The van der Waals surface area contributed by atoms with Crippen molar-refractivity contribution < 1.29 is 32.6 Å². The number of fused-ring (bicyclic) bond motifs is 5. The summed E-state index contributed by atoms with van der Waals surface area (Å²) in [5.74, 6) is -3.35. The quantitative estimate of drug-likeness (QED) is 0.527. The van der Waals surface area contributed by atoms with Gasteiger partial charge in [0.15, 0.2) is 5.82 Å². The van der Waals surface area contributed by atoms with Crippen molar-refractivity contribution in [3.8, 4) is 5.75 Å². The molecule has 0 fully saturated rings. The van der Waals surface area contributed by atoms with E-state index in [1.54, 1.807) is 0 Å². The van der Waals surface area contributed by atoms with Crippen molar-refractivity contribution in [1.82, 2.24) is 0 Å². The molecule has 0 saturated carbocycles. The van der Waals surface area contributed by atoms with E-state index in [9.17, 15) is 27.5 Å². The third kappa shape index (κ3) is 2.67. The number of rotatable bonds is 1. The molecule has 2 aliphatic rings. The van der Waals surface area contributed by atoms with Gasteiger partial charge in [0.05, 0.1) is 11.7 Å². The van der Waals surface area contributed by atoms with E-state index in [1.807, 2.05) is 0 Å². The lowest BCUT2D eigenvalue weighted by molar-refractivity contribution is -0.140. The Morgan fingerprint density at radius 3 is 2.56 bits per heavy atom. The maximum Gasteiger partial charge on any atom is 0.420 e. The van der Waals surface area contributed by atoms with Crippen molar-refractivity contribution in [2.45, 2.75) is 31.0 Å². The normalized spacial score (nSPS) is 20.5. The molecule has 142 valence electrons. The van der Waals surface area contributed by atoms with E-state index in [1.165, 1.54) is 18.2 Å². The molecule has 0 bridgehead atoms. The van der Waals surface area contributed by atoms with E-state index < -0.39 is 35.3 Å². The van der Waals surface area contributed by atoms with Crippen LogP contribution in [0.25, 0.3) is 0 Å². The Labute approximate surface area is 158 Å². The Kier molecular flexibility index (Phi) is 3.92. The van der Waals surface area contributed by atoms with Crippen LogP contribution in [0.15, 0.2) is 22.7 Å². The minimum absolute atomic E-state index is 0.199. The number of nitrogens with one attached hydrogen (secondary N) is 1. The number of carboxylic acids is 1. The number of anilines is 1. The summed E-state index contributed by atoms with van der Waals surface area (Å²) < 4.78 is 53.8. The van der Waals surface area contributed by atoms with Crippen molar-refractivity contribution >= 4 is 27.6 Å². The fraction of sp³-hybridized carbons (Fsp3) is 0.278. The van der Waals surface area contributed by atoms with Crippen molar-refractivity contribution in [2.24, 2.45) is 0 Å². The van der Waals surface area contributed by atoms with Gasteiger partial charge in [0.2, 0.25) is 0 Å². The highest BCUT2D eigenvalue weighted by Crippen LogP contribution is 2.54. The fourth-order valence-electron chi connectivity index (χ4n) is 4.03. The highest BCUT2D eigenvalue weighted by molar-refractivity contribution is 9.10. The first-order valence-corrected chi connectivity index (χ1v) is 8.83. The maximum absolute atomic E-state index is 14.7. The van der Waals surface area contributed by atoms with E-state index in [2.05, 4.69) is 21.2 Å². The number of carboxylic acid groups (broad SMARTS) is 1. The number of halogens is 5. The monoisotopic (exact) mass is 445 g/mol. The Morgan fingerprint density at radius 2 is 1.93 bits per heavy atom. The highest BCUT2D eigenvalue weighted by Gasteiger charge is 2.44. The zero-order valence-electron chi connectivity index (χ0n) is 13.5. The number of aromatic carboxylic acids is 1. The fourth-order valence-corrected chi connectivity index (χ4v) is 4.67. The van der Waals surface area contributed by atoms with Crippen LogP contribution in [-0.2, 0) is 12.6 Å². The molecular weight excluding hydrogens is 434 g/mol. The third-order valence-corrected chi connectivity index (χ3v) is 5.81. The molecule has 2 aromatic carbocycles. The lowest BCUT2D eigenvalue weighted by Crippen LogP contribution is -2.20. The molecule has 0 aromatic heterocycles. The number of hydrogen-bond donors (Lipinski definition) is 3. The standard InChI is InChI=1S/C18H12BrF4NO3/c19-11-4-9-7-2-1-6-3-10(17(26)27)12(25)5-8(6)15(7)24-16(9)14(20)13(11)18(21,22)23/h3-5,7,15,24-25H,1-2H2,(H,26,27). The predicted octanol–water partition coefficient (Wildman–Crippen LogP) is 5.21.